The molecule has 0 N–H and O–H groups in total. The van der Waals surface area contributed by atoms with Crippen LogP contribution < -0.4 is 9.13 Å². The molecule has 18 heteroatoms. The second kappa shape index (κ2) is 9.83. The van der Waals surface area contributed by atoms with Gasteiger partial charge in [0.1, 0.15) is 37.9 Å². The van der Waals surface area contributed by atoms with Crippen molar-refractivity contribution in [1.82, 2.24) is 9.13 Å². The van der Waals surface area contributed by atoms with Gasteiger partial charge in [0, 0.05) is 0 Å². The first-order valence-corrected chi connectivity index (χ1v) is 14.0. The average molecular weight is 566 g/mol. The van der Waals surface area contributed by atoms with E-state index in [4.69, 9.17) is 0 Å². The number of hydrogen-bond donors (Lipinski definition) is 0. The minimum absolute atomic E-state index is 1.03. The number of rotatable bonds is 9. The Morgan fingerprint density at radius 1 is 0.559 bits per heavy atom. The van der Waals surface area contributed by atoms with Gasteiger partial charge >= 0.3 is 66.0 Å². The number of unbranched alkanes of at least 4 members (excludes halogenated alkanes) is 2. The van der Waals surface area contributed by atoms with E-state index in [1.807, 2.05) is 0 Å². The minimum atomic E-state index is -10.7. The summed E-state index contributed by atoms with van der Waals surface area (Å²) in [6.45, 7) is 8.78. The molecule has 0 amide bonds. The quantitative estimate of drug-likeness (QED) is 0.164. The van der Waals surface area contributed by atoms with E-state index < -0.39 is 15.6 Å². The second-order valence-electron chi connectivity index (χ2n) is 7.40. The molecule has 2 rings (SSSR count). The fourth-order valence-corrected chi connectivity index (χ4v) is 2.32. The van der Waals surface area contributed by atoms with Crippen molar-refractivity contribution in [2.24, 2.45) is 0 Å². The van der Waals surface area contributed by atoms with Crippen LogP contribution in [-0.2, 0) is 26.2 Å². The molecule has 4 nitrogen and oxygen atoms in total. The van der Waals surface area contributed by atoms with Gasteiger partial charge in [0.2, 0.25) is 12.7 Å². The standard InChI is InChI=1S/C16H28N4.2F6P/c1-3-5-7-17-9-11-19(15-17)13-14-20-12-10-18(16-20)8-6-4-2;2*1-7(2,3,4,5)6/h9-12,15-16H,3-8,13-14H2,1-2H3;;/q+2;2*-1. The second-order valence-corrected chi connectivity index (χ2v) is 11.2. The molecule has 2 heterocycles. The summed E-state index contributed by atoms with van der Waals surface area (Å²) in [6.07, 6.45) is 18.1. The van der Waals surface area contributed by atoms with Gasteiger partial charge < -0.3 is 0 Å². The van der Waals surface area contributed by atoms with Crippen LogP contribution >= 0.6 is 15.6 Å². The normalized spacial score (nSPS) is 16.1. The zero-order valence-corrected chi connectivity index (χ0v) is 20.1. The van der Waals surface area contributed by atoms with Gasteiger partial charge in [-0.1, -0.05) is 26.7 Å². The predicted molar refractivity (Wildman–Crippen MR) is 106 cm³/mol. The maximum atomic E-state index is 9.87. The number of aryl methyl sites for hydroxylation is 4. The SMILES string of the molecule is CCCC[n+]1ccn(CCn2cc[n+](CCCC)c2)c1.F[P-](F)(F)(F)(F)F.F[P-](F)(F)(F)(F)F. The Morgan fingerprint density at radius 3 is 1.06 bits per heavy atom. The Balaban J connectivity index is 0.000000642. The number of nitrogens with zero attached hydrogens (tertiary/aromatic N) is 4. The summed E-state index contributed by atoms with van der Waals surface area (Å²) in [4.78, 5) is 0. The summed E-state index contributed by atoms with van der Waals surface area (Å²) in [5.41, 5.74) is 0. The summed E-state index contributed by atoms with van der Waals surface area (Å²) in [6, 6.07) is 0. The molecule has 206 valence electrons. The molecule has 34 heavy (non-hydrogen) atoms. The molecule has 0 aromatic carbocycles. The third-order valence-electron chi connectivity index (χ3n) is 3.65. The molecule has 0 aliphatic carbocycles. The first-order chi connectivity index (χ1) is 14.7. The zero-order chi connectivity index (χ0) is 27.0. The van der Waals surface area contributed by atoms with E-state index in [0.29, 0.717) is 0 Å². The fraction of sp³-hybridized carbons (Fsp3) is 0.625. The molecule has 0 spiro atoms. The molecule has 0 aliphatic heterocycles. The van der Waals surface area contributed by atoms with Gasteiger partial charge in [-0.15, -0.1) is 0 Å². The summed E-state index contributed by atoms with van der Waals surface area (Å²) in [7, 11) is -21.3. The van der Waals surface area contributed by atoms with Gasteiger partial charge in [0.25, 0.3) is 0 Å². The van der Waals surface area contributed by atoms with E-state index in [9.17, 15) is 50.4 Å². The Bertz CT molecular complexity index is 788. The first-order valence-electron chi connectivity index (χ1n) is 9.94. The van der Waals surface area contributed by atoms with Crippen LogP contribution in [0.5, 0.6) is 0 Å². The van der Waals surface area contributed by atoms with Crippen molar-refractivity contribution in [2.75, 3.05) is 0 Å². The predicted octanol–water partition coefficient (Wildman–Crippen LogP) is 8.93. The van der Waals surface area contributed by atoms with Crippen molar-refractivity contribution in [2.45, 2.75) is 65.7 Å². The van der Waals surface area contributed by atoms with Crippen molar-refractivity contribution in [3.63, 3.8) is 0 Å². The van der Waals surface area contributed by atoms with Crippen molar-refractivity contribution in [1.29, 1.82) is 0 Å². The van der Waals surface area contributed by atoms with Crippen LogP contribution in [0.3, 0.4) is 0 Å². The molecule has 0 radical (unpaired) electrons. The summed E-state index contributed by atoms with van der Waals surface area (Å²) in [5, 5.41) is 0. The van der Waals surface area contributed by atoms with Crippen LogP contribution in [0.2, 0.25) is 0 Å². The van der Waals surface area contributed by atoms with Gasteiger partial charge in [-0.2, -0.15) is 0 Å². The Hall–Kier alpha value is -1.56. The summed E-state index contributed by atoms with van der Waals surface area (Å²) in [5.74, 6) is 0. The fourth-order valence-electron chi connectivity index (χ4n) is 2.32. The average Bonchev–Trinajstić information content (AvgIpc) is 3.19. The number of aromatic nitrogens is 4. The van der Waals surface area contributed by atoms with Gasteiger partial charge in [-0.25, -0.2) is 18.3 Å². The molecule has 2 aromatic rings. The molecule has 0 saturated heterocycles. The van der Waals surface area contributed by atoms with Crippen LogP contribution in [0.4, 0.5) is 50.4 Å². The van der Waals surface area contributed by atoms with Crippen LogP contribution in [0.25, 0.3) is 0 Å². The van der Waals surface area contributed by atoms with Crippen molar-refractivity contribution in [3.05, 3.63) is 37.4 Å². The van der Waals surface area contributed by atoms with Crippen LogP contribution in [-0.4, -0.2) is 9.13 Å². The van der Waals surface area contributed by atoms with E-state index in [1.54, 1.807) is 0 Å². The molecule has 2 aromatic heterocycles. The molecular formula is C16H28F12N4P2. The van der Waals surface area contributed by atoms with Gasteiger partial charge in [0.05, 0.1) is 13.1 Å². The molecule has 0 fully saturated rings. The summed E-state index contributed by atoms with van der Waals surface area (Å²) >= 11 is 0. The Morgan fingerprint density at radius 2 is 0.824 bits per heavy atom. The van der Waals surface area contributed by atoms with Crippen LogP contribution in [0.1, 0.15) is 39.5 Å². The molecule has 0 bridgehead atoms. The van der Waals surface area contributed by atoms with Crippen molar-refractivity contribution in [3.8, 4) is 0 Å². The Kier molecular flexibility index (Phi) is 9.38. The van der Waals surface area contributed by atoms with Gasteiger partial charge in [-0.05, 0) is 12.8 Å². The zero-order valence-electron chi connectivity index (χ0n) is 18.3. The van der Waals surface area contributed by atoms with Crippen LogP contribution in [0.15, 0.2) is 37.4 Å². The third kappa shape index (κ3) is 30.4. The molecule has 0 saturated carbocycles. The number of halogens is 12. The van der Waals surface area contributed by atoms with Gasteiger partial charge in [-0.3, -0.25) is 0 Å². The maximum absolute atomic E-state index is 10.7. The molecular weight excluding hydrogens is 538 g/mol. The third-order valence-corrected chi connectivity index (χ3v) is 3.65. The van der Waals surface area contributed by atoms with Crippen molar-refractivity contribution < 1.29 is 59.5 Å². The molecule has 0 atom stereocenters. The summed E-state index contributed by atoms with van der Waals surface area (Å²) < 4.78 is 127. The Labute approximate surface area is 188 Å². The molecule has 0 unspecified atom stereocenters. The van der Waals surface area contributed by atoms with E-state index in [1.165, 1.54) is 25.7 Å². The van der Waals surface area contributed by atoms with E-state index in [0.717, 1.165) is 26.2 Å². The van der Waals surface area contributed by atoms with Gasteiger partial charge in [0.15, 0.2) is 0 Å². The van der Waals surface area contributed by atoms with E-state index in [2.05, 4.69) is 69.6 Å². The number of imidazole rings is 2. The topological polar surface area (TPSA) is 17.6 Å². The number of hydrogen-bond acceptors (Lipinski definition) is 0. The van der Waals surface area contributed by atoms with E-state index in [-0.39, 0.29) is 0 Å². The van der Waals surface area contributed by atoms with Crippen molar-refractivity contribution >= 4 is 15.6 Å². The van der Waals surface area contributed by atoms with E-state index >= 15 is 0 Å². The first kappa shape index (κ1) is 32.4. The molecule has 0 aliphatic rings. The monoisotopic (exact) mass is 566 g/mol. The van der Waals surface area contributed by atoms with Crippen LogP contribution in [0, 0.1) is 0 Å².